The molecule has 0 spiro atoms. The maximum Gasteiger partial charge on any atom is 0.330 e. The summed E-state index contributed by atoms with van der Waals surface area (Å²) in [7, 11) is -1.39. The molecule has 15 heavy (non-hydrogen) atoms. The topological polar surface area (TPSA) is 26.3 Å². The van der Waals surface area contributed by atoms with Crippen molar-refractivity contribution in [3.8, 4) is 0 Å². The van der Waals surface area contributed by atoms with Crippen LogP contribution in [0.15, 0.2) is 12.7 Å². The van der Waals surface area contributed by atoms with E-state index in [-0.39, 0.29) is 5.97 Å². The summed E-state index contributed by atoms with van der Waals surface area (Å²) < 4.78 is 4.84. The molecule has 0 amide bonds. The van der Waals surface area contributed by atoms with E-state index in [9.17, 15) is 4.79 Å². The van der Waals surface area contributed by atoms with Crippen molar-refractivity contribution in [3.63, 3.8) is 0 Å². The Kier molecular flexibility index (Phi) is 10.5. The molecule has 0 saturated carbocycles. The van der Waals surface area contributed by atoms with Gasteiger partial charge in [0, 0.05) is 6.08 Å². The molecule has 0 saturated heterocycles. The van der Waals surface area contributed by atoms with Gasteiger partial charge in [-0.2, -0.15) is 22.2 Å². The summed E-state index contributed by atoms with van der Waals surface area (Å²) in [6, 6.07) is 0.995. The molecular weight excluding hydrogens is 251 g/mol. The summed E-state index contributed by atoms with van der Waals surface area (Å²) in [5.74, 6) is -0.340. The Morgan fingerprint density at radius 1 is 1.20 bits per heavy atom. The van der Waals surface area contributed by atoms with Gasteiger partial charge in [0.15, 0.2) is 0 Å². The van der Waals surface area contributed by atoms with Gasteiger partial charge in [-0.1, -0.05) is 32.3 Å². The molecule has 0 N–H and O–H groups in total. The average Bonchev–Trinajstić information content (AvgIpc) is 2.21. The molecule has 2 nitrogen and oxygen atoms in total. The second-order valence-corrected chi connectivity index (χ2v) is 8.51. The maximum atomic E-state index is 10.7. The van der Waals surface area contributed by atoms with E-state index in [0.717, 1.165) is 31.7 Å². The molecule has 0 radical (unpaired) electrons. The Hall–Kier alpha value is 0.00688. The summed E-state index contributed by atoms with van der Waals surface area (Å²) in [6.07, 6.45) is 6.63. The highest BCUT2D eigenvalue weighted by atomic mass is 35.7. The highest BCUT2D eigenvalue weighted by Gasteiger charge is 2.00. The fourth-order valence-electron chi connectivity index (χ4n) is 1.16. The van der Waals surface area contributed by atoms with Gasteiger partial charge in [-0.15, -0.1) is 0 Å². The first-order valence-corrected chi connectivity index (χ1v) is 9.55. The van der Waals surface area contributed by atoms with Gasteiger partial charge in [-0.25, -0.2) is 4.79 Å². The first kappa shape index (κ1) is 15.0. The molecule has 0 rings (SSSR count). The first-order chi connectivity index (χ1) is 7.16. The van der Waals surface area contributed by atoms with Crippen LogP contribution >= 0.6 is 22.2 Å². The molecule has 0 aliphatic rings. The number of ether oxygens (including phenoxy) is 1. The highest BCUT2D eigenvalue weighted by Crippen LogP contribution is 2.11. The number of carbonyl (C=O) groups excluding carboxylic acids is 1. The van der Waals surface area contributed by atoms with Crippen molar-refractivity contribution in [1.29, 1.82) is 0 Å². The van der Waals surface area contributed by atoms with Crippen molar-refractivity contribution in [3.05, 3.63) is 12.7 Å². The fourth-order valence-corrected chi connectivity index (χ4v) is 2.69. The first-order valence-electron chi connectivity index (χ1n) is 5.24. The van der Waals surface area contributed by atoms with E-state index in [1.807, 2.05) is 0 Å². The van der Waals surface area contributed by atoms with Crippen LogP contribution in [0.25, 0.3) is 0 Å². The Labute approximate surface area is 103 Å². The number of unbranched alkanes of at least 4 members (excludes halogenated alkanes) is 4. The predicted octanol–water partition coefficient (Wildman–Crippen LogP) is 3.36. The third-order valence-corrected chi connectivity index (χ3v) is 4.13. The van der Waals surface area contributed by atoms with Gasteiger partial charge in [-0.3, -0.25) is 0 Å². The van der Waals surface area contributed by atoms with Gasteiger partial charge in [0.1, 0.15) is 0 Å². The van der Waals surface area contributed by atoms with E-state index in [1.165, 1.54) is 12.5 Å². The van der Waals surface area contributed by atoms with Gasteiger partial charge in [0.2, 0.25) is 7.42 Å². The van der Waals surface area contributed by atoms with E-state index in [4.69, 9.17) is 26.9 Å². The molecule has 0 aromatic heterocycles. The van der Waals surface area contributed by atoms with E-state index >= 15 is 0 Å². The number of rotatable bonds is 9. The number of hydrogen-bond acceptors (Lipinski definition) is 2. The Morgan fingerprint density at radius 3 is 2.40 bits per heavy atom. The summed E-state index contributed by atoms with van der Waals surface area (Å²) in [4.78, 5) is 10.7. The minimum absolute atomic E-state index is 0.340. The van der Waals surface area contributed by atoms with Gasteiger partial charge in [-0.05, 0) is 12.5 Å². The Morgan fingerprint density at radius 2 is 1.80 bits per heavy atom. The number of hydrogen-bond donors (Lipinski definition) is 0. The molecule has 0 unspecified atom stereocenters. The van der Waals surface area contributed by atoms with Crippen LogP contribution in [0, 0.1) is 0 Å². The minimum Gasteiger partial charge on any atom is -0.463 e. The molecule has 88 valence electrons. The molecule has 0 atom stereocenters. The SMILES string of the molecule is C=CC(=O)OCCCCCCC[SiH](Cl)Cl. The molecule has 0 heterocycles. The molecule has 0 aliphatic carbocycles. The number of halogens is 2. The third-order valence-electron chi connectivity index (χ3n) is 1.98. The van der Waals surface area contributed by atoms with E-state index < -0.39 is 7.42 Å². The summed E-state index contributed by atoms with van der Waals surface area (Å²) in [6.45, 7) is 3.81. The van der Waals surface area contributed by atoms with Crippen molar-refractivity contribution in [2.75, 3.05) is 6.61 Å². The van der Waals surface area contributed by atoms with Gasteiger partial charge in [0.05, 0.1) is 6.61 Å². The monoisotopic (exact) mass is 268 g/mol. The fraction of sp³-hybridized carbons (Fsp3) is 0.700. The zero-order chi connectivity index (χ0) is 11.5. The molecule has 5 heteroatoms. The van der Waals surface area contributed by atoms with Crippen molar-refractivity contribution in [2.45, 2.75) is 38.1 Å². The van der Waals surface area contributed by atoms with E-state index in [2.05, 4.69) is 6.58 Å². The molecule has 0 fully saturated rings. The number of carbonyl (C=O) groups is 1. The van der Waals surface area contributed by atoms with Crippen LogP contribution in [-0.2, 0) is 9.53 Å². The minimum atomic E-state index is -1.39. The Balaban J connectivity index is 3.05. The van der Waals surface area contributed by atoms with E-state index in [1.54, 1.807) is 0 Å². The van der Waals surface area contributed by atoms with Gasteiger partial charge >= 0.3 is 5.97 Å². The zero-order valence-corrected chi connectivity index (χ0v) is 11.6. The molecule has 0 bridgehead atoms. The second kappa shape index (κ2) is 10.5. The molecule has 0 aromatic carbocycles. The summed E-state index contributed by atoms with van der Waals surface area (Å²) in [5.41, 5.74) is 0. The van der Waals surface area contributed by atoms with E-state index in [0.29, 0.717) is 6.61 Å². The maximum absolute atomic E-state index is 10.7. The van der Waals surface area contributed by atoms with Crippen LogP contribution in [0.3, 0.4) is 0 Å². The Bertz CT molecular complexity index is 186. The van der Waals surface area contributed by atoms with Crippen LogP contribution in [0.2, 0.25) is 6.04 Å². The summed E-state index contributed by atoms with van der Waals surface area (Å²) in [5, 5.41) is 0. The predicted molar refractivity (Wildman–Crippen MR) is 67.9 cm³/mol. The average molecular weight is 269 g/mol. The molecule has 0 aromatic rings. The lowest BCUT2D eigenvalue weighted by Crippen LogP contribution is -2.01. The number of esters is 1. The van der Waals surface area contributed by atoms with Gasteiger partial charge in [0.25, 0.3) is 0 Å². The normalized spacial score (nSPS) is 10.3. The second-order valence-electron chi connectivity index (χ2n) is 3.32. The van der Waals surface area contributed by atoms with Crippen LogP contribution in [0.1, 0.15) is 32.1 Å². The molecular formula is C10H18Cl2O2Si. The van der Waals surface area contributed by atoms with Crippen molar-refractivity contribution < 1.29 is 9.53 Å². The smallest absolute Gasteiger partial charge is 0.330 e. The lowest BCUT2D eigenvalue weighted by atomic mass is 10.2. The molecule has 0 aliphatic heterocycles. The van der Waals surface area contributed by atoms with Crippen LogP contribution in [0.5, 0.6) is 0 Å². The van der Waals surface area contributed by atoms with Crippen molar-refractivity contribution in [2.24, 2.45) is 0 Å². The van der Waals surface area contributed by atoms with Crippen molar-refractivity contribution >= 4 is 35.5 Å². The van der Waals surface area contributed by atoms with Crippen LogP contribution in [0.4, 0.5) is 0 Å². The standard InChI is InChI=1S/C10H18Cl2O2Si/c1-2-10(13)14-8-6-4-3-5-7-9-15(11)12/h2,15H,1,3-9H2. The van der Waals surface area contributed by atoms with Gasteiger partial charge < -0.3 is 4.74 Å². The lowest BCUT2D eigenvalue weighted by Gasteiger charge is -2.02. The zero-order valence-electron chi connectivity index (χ0n) is 8.88. The summed E-state index contributed by atoms with van der Waals surface area (Å²) >= 11 is 11.5. The third kappa shape index (κ3) is 11.9. The highest BCUT2D eigenvalue weighted by molar-refractivity contribution is 7.33. The quantitative estimate of drug-likeness (QED) is 0.211. The largest absolute Gasteiger partial charge is 0.463 e. The van der Waals surface area contributed by atoms with Crippen molar-refractivity contribution in [1.82, 2.24) is 0 Å². The lowest BCUT2D eigenvalue weighted by molar-refractivity contribution is -0.137. The van der Waals surface area contributed by atoms with Crippen LogP contribution in [-0.4, -0.2) is 20.0 Å². The van der Waals surface area contributed by atoms with Crippen LogP contribution < -0.4 is 0 Å².